The standard InChI is InChI=1S/C18H22ClNO/c1-5-20-18(16-11-15(19)8-6-12(16)2)14-7-9-17(21-4)13(3)10-14/h6-11,18,20H,5H2,1-4H3. The van der Waals surface area contributed by atoms with Crippen molar-refractivity contribution < 1.29 is 4.74 Å². The Balaban J connectivity index is 2.48. The first-order chi connectivity index (χ1) is 10.1. The zero-order valence-electron chi connectivity index (χ0n) is 13.0. The third-order valence-corrected chi connectivity index (χ3v) is 3.95. The lowest BCUT2D eigenvalue weighted by molar-refractivity contribution is 0.411. The number of methoxy groups -OCH3 is 1. The molecular weight excluding hydrogens is 282 g/mol. The summed E-state index contributed by atoms with van der Waals surface area (Å²) < 4.78 is 5.35. The van der Waals surface area contributed by atoms with Crippen molar-refractivity contribution in [2.45, 2.75) is 26.8 Å². The molecular formula is C18H22ClNO. The summed E-state index contributed by atoms with van der Waals surface area (Å²) in [4.78, 5) is 0. The predicted molar refractivity (Wildman–Crippen MR) is 89.4 cm³/mol. The molecule has 0 fully saturated rings. The fourth-order valence-electron chi connectivity index (χ4n) is 2.62. The summed E-state index contributed by atoms with van der Waals surface area (Å²) in [5.74, 6) is 0.914. The van der Waals surface area contributed by atoms with E-state index in [4.69, 9.17) is 16.3 Å². The molecule has 0 bridgehead atoms. The Kier molecular flexibility index (Phi) is 5.27. The van der Waals surface area contributed by atoms with Gasteiger partial charge in [-0.1, -0.05) is 36.7 Å². The second-order valence-corrected chi connectivity index (χ2v) is 5.66. The van der Waals surface area contributed by atoms with Gasteiger partial charge in [-0.05, 0) is 60.8 Å². The van der Waals surface area contributed by atoms with Crippen LogP contribution in [-0.4, -0.2) is 13.7 Å². The van der Waals surface area contributed by atoms with Crippen LogP contribution in [-0.2, 0) is 0 Å². The summed E-state index contributed by atoms with van der Waals surface area (Å²) in [7, 11) is 1.70. The van der Waals surface area contributed by atoms with Crippen molar-refractivity contribution >= 4 is 11.6 Å². The number of nitrogens with one attached hydrogen (secondary N) is 1. The van der Waals surface area contributed by atoms with Crippen molar-refractivity contribution in [3.8, 4) is 5.75 Å². The first-order valence-electron chi connectivity index (χ1n) is 7.20. The highest BCUT2D eigenvalue weighted by atomic mass is 35.5. The topological polar surface area (TPSA) is 21.3 Å². The van der Waals surface area contributed by atoms with Crippen molar-refractivity contribution in [3.05, 3.63) is 63.7 Å². The molecule has 2 rings (SSSR count). The van der Waals surface area contributed by atoms with Crippen molar-refractivity contribution in [1.29, 1.82) is 0 Å². The number of rotatable bonds is 5. The Morgan fingerprint density at radius 1 is 1.10 bits per heavy atom. The van der Waals surface area contributed by atoms with Crippen LogP contribution in [0.2, 0.25) is 5.02 Å². The monoisotopic (exact) mass is 303 g/mol. The fourth-order valence-corrected chi connectivity index (χ4v) is 2.80. The lowest BCUT2D eigenvalue weighted by Gasteiger charge is -2.22. The van der Waals surface area contributed by atoms with E-state index in [1.165, 1.54) is 16.7 Å². The molecule has 1 atom stereocenters. The summed E-state index contributed by atoms with van der Waals surface area (Å²) in [6.45, 7) is 7.19. The number of aryl methyl sites for hydroxylation is 2. The second-order valence-electron chi connectivity index (χ2n) is 5.22. The minimum Gasteiger partial charge on any atom is -0.496 e. The molecule has 2 nitrogen and oxygen atoms in total. The smallest absolute Gasteiger partial charge is 0.121 e. The Labute approximate surface area is 132 Å². The molecule has 0 aliphatic rings. The van der Waals surface area contributed by atoms with Gasteiger partial charge in [-0.15, -0.1) is 0 Å². The number of benzene rings is 2. The quantitative estimate of drug-likeness (QED) is 0.867. The molecule has 2 aromatic rings. The maximum atomic E-state index is 6.18. The zero-order chi connectivity index (χ0) is 15.4. The van der Waals surface area contributed by atoms with Gasteiger partial charge >= 0.3 is 0 Å². The van der Waals surface area contributed by atoms with Crippen LogP contribution in [0, 0.1) is 13.8 Å². The van der Waals surface area contributed by atoms with Gasteiger partial charge in [0.2, 0.25) is 0 Å². The molecule has 0 radical (unpaired) electrons. The van der Waals surface area contributed by atoms with E-state index in [9.17, 15) is 0 Å². The van der Waals surface area contributed by atoms with Gasteiger partial charge < -0.3 is 10.1 Å². The molecule has 21 heavy (non-hydrogen) atoms. The highest BCUT2D eigenvalue weighted by molar-refractivity contribution is 6.30. The molecule has 0 amide bonds. The van der Waals surface area contributed by atoms with Crippen molar-refractivity contribution in [3.63, 3.8) is 0 Å². The summed E-state index contributed by atoms with van der Waals surface area (Å²) in [6, 6.07) is 12.5. The van der Waals surface area contributed by atoms with Gasteiger partial charge in [0, 0.05) is 5.02 Å². The van der Waals surface area contributed by atoms with Crippen molar-refractivity contribution in [2.24, 2.45) is 0 Å². The molecule has 0 spiro atoms. The minimum atomic E-state index is 0.137. The third kappa shape index (κ3) is 3.58. The molecule has 0 saturated heterocycles. The van der Waals surface area contributed by atoms with Crippen LogP contribution < -0.4 is 10.1 Å². The molecule has 1 unspecified atom stereocenters. The second kappa shape index (κ2) is 6.97. The van der Waals surface area contributed by atoms with Gasteiger partial charge in [0.05, 0.1) is 13.2 Å². The van der Waals surface area contributed by atoms with Crippen LogP contribution in [0.15, 0.2) is 36.4 Å². The third-order valence-electron chi connectivity index (χ3n) is 3.71. The zero-order valence-corrected chi connectivity index (χ0v) is 13.8. The van der Waals surface area contributed by atoms with E-state index in [1.54, 1.807) is 7.11 Å². The number of hydrogen-bond donors (Lipinski definition) is 1. The van der Waals surface area contributed by atoms with E-state index in [0.717, 1.165) is 22.9 Å². The Bertz CT molecular complexity index is 625. The average Bonchev–Trinajstić information content (AvgIpc) is 2.47. The molecule has 0 aliphatic carbocycles. The van der Waals surface area contributed by atoms with Gasteiger partial charge in [-0.25, -0.2) is 0 Å². The Hall–Kier alpha value is -1.51. The highest BCUT2D eigenvalue weighted by Gasteiger charge is 2.16. The fraction of sp³-hybridized carbons (Fsp3) is 0.333. The molecule has 0 aromatic heterocycles. The minimum absolute atomic E-state index is 0.137. The first kappa shape index (κ1) is 15.9. The van der Waals surface area contributed by atoms with Gasteiger partial charge in [0.1, 0.15) is 5.75 Å². The predicted octanol–water partition coefficient (Wildman–Crippen LogP) is 4.66. The lowest BCUT2D eigenvalue weighted by Crippen LogP contribution is -2.23. The van der Waals surface area contributed by atoms with Gasteiger partial charge in [0.15, 0.2) is 0 Å². The van der Waals surface area contributed by atoms with E-state index < -0.39 is 0 Å². The van der Waals surface area contributed by atoms with Gasteiger partial charge in [0.25, 0.3) is 0 Å². The summed E-state index contributed by atoms with van der Waals surface area (Å²) in [5.41, 5.74) is 4.81. The van der Waals surface area contributed by atoms with Crippen LogP contribution in [0.3, 0.4) is 0 Å². The van der Waals surface area contributed by atoms with Crippen molar-refractivity contribution in [1.82, 2.24) is 5.32 Å². The van der Waals surface area contributed by atoms with Crippen LogP contribution in [0.1, 0.15) is 35.2 Å². The van der Waals surface area contributed by atoms with E-state index in [2.05, 4.69) is 44.3 Å². The Morgan fingerprint density at radius 2 is 1.86 bits per heavy atom. The van der Waals surface area contributed by atoms with Crippen LogP contribution in [0.25, 0.3) is 0 Å². The molecule has 112 valence electrons. The molecule has 3 heteroatoms. The molecule has 0 aliphatic heterocycles. The maximum absolute atomic E-state index is 6.18. The number of halogens is 1. The van der Waals surface area contributed by atoms with E-state index in [1.807, 2.05) is 18.2 Å². The van der Waals surface area contributed by atoms with E-state index in [0.29, 0.717) is 0 Å². The summed E-state index contributed by atoms with van der Waals surface area (Å²) >= 11 is 6.18. The summed E-state index contributed by atoms with van der Waals surface area (Å²) in [5, 5.41) is 4.32. The van der Waals surface area contributed by atoms with Crippen molar-refractivity contribution in [2.75, 3.05) is 13.7 Å². The number of hydrogen-bond acceptors (Lipinski definition) is 2. The van der Waals surface area contributed by atoms with Crippen LogP contribution in [0.4, 0.5) is 0 Å². The molecule has 0 saturated carbocycles. The first-order valence-corrected chi connectivity index (χ1v) is 7.58. The maximum Gasteiger partial charge on any atom is 0.121 e. The SMILES string of the molecule is CCNC(c1ccc(OC)c(C)c1)c1cc(Cl)ccc1C. The van der Waals surface area contributed by atoms with Crippen LogP contribution in [0.5, 0.6) is 5.75 Å². The lowest BCUT2D eigenvalue weighted by atomic mass is 9.94. The Morgan fingerprint density at radius 3 is 2.48 bits per heavy atom. The van der Waals surface area contributed by atoms with Gasteiger partial charge in [-0.3, -0.25) is 0 Å². The largest absolute Gasteiger partial charge is 0.496 e. The average molecular weight is 304 g/mol. The summed E-state index contributed by atoms with van der Waals surface area (Å²) in [6.07, 6.45) is 0. The normalized spacial score (nSPS) is 12.2. The van der Waals surface area contributed by atoms with E-state index in [-0.39, 0.29) is 6.04 Å². The van der Waals surface area contributed by atoms with Crippen LogP contribution >= 0.6 is 11.6 Å². The molecule has 2 aromatic carbocycles. The number of ether oxygens (including phenoxy) is 1. The van der Waals surface area contributed by atoms with Gasteiger partial charge in [-0.2, -0.15) is 0 Å². The molecule has 0 heterocycles. The van der Waals surface area contributed by atoms with E-state index >= 15 is 0 Å². The highest BCUT2D eigenvalue weighted by Crippen LogP contribution is 2.30. The molecule has 1 N–H and O–H groups in total.